The Balaban J connectivity index is 1.34. The number of rotatable bonds is 6. The van der Waals surface area contributed by atoms with Crippen LogP contribution >= 0.6 is 11.8 Å². The lowest BCUT2D eigenvalue weighted by Crippen LogP contribution is -2.27. The molecule has 1 aliphatic heterocycles. The number of carbonyl (C=O) groups is 2. The third-order valence-electron chi connectivity index (χ3n) is 5.75. The molecule has 1 aliphatic rings. The Morgan fingerprint density at radius 1 is 0.886 bits per heavy atom. The monoisotopic (exact) mass is 476 g/mol. The number of imide groups is 1. The van der Waals surface area contributed by atoms with Gasteiger partial charge in [0.2, 0.25) is 0 Å². The van der Waals surface area contributed by atoms with Crippen LogP contribution in [0.2, 0.25) is 0 Å². The van der Waals surface area contributed by atoms with E-state index in [0.29, 0.717) is 28.4 Å². The van der Waals surface area contributed by atoms with Crippen LogP contribution < -0.4 is 4.74 Å². The predicted molar refractivity (Wildman–Crippen MR) is 137 cm³/mol. The van der Waals surface area contributed by atoms with E-state index < -0.39 is 0 Å². The first-order valence-electron chi connectivity index (χ1n) is 11.1. The lowest BCUT2D eigenvalue weighted by atomic mass is 10.1. The standard InChI is InChI=1S/C29H20N2O3S/c30-17-24-10-3-4-11-25(24)18-31-28(32)27(35-29(31)33)16-23-9-5-6-12-26(23)34-19-20-13-14-21-7-1-2-8-22(21)15-20/h1-16H,18-19H2/b27-16-. The highest BCUT2D eigenvalue weighted by Gasteiger charge is 2.35. The van der Waals surface area contributed by atoms with Gasteiger partial charge in [-0.1, -0.05) is 72.8 Å². The van der Waals surface area contributed by atoms with E-state index in [4.69, 9.17) is 4.74 Å². The number of nitrogens with zero attached hydrogens (tertiary/aromatic N) is 2. The minimum Gasteiger partial charge on any atom is -0.488 e. The maximum atomic E-state index is 13.0. The van der Waals surface area contributed by atoms with Crippen molar-refractivity contribution in [2.75, 3.05) is 0 Å². The number of amides is 2. The Hall–Kier alpha value is -4.34. The van der Waals surface area contributed by atoms with Crippen molar-refractivity contribution in [2.45, 2.75) is 13.2 Å². The number of ether oxygens (including phenoxy) is 1. The third kappa shape index (κ3) is 4.81. The fourth-order valence-electron chi connectivity index (χ4n) is 3.94. The molecule has 0 N–H and O–H groups in total. The number of hydrogen-bond donors (Lipinski definition) is 0. The van der Waals surface area contributed by atoms with Crippen molar-refractivity contribution in [3.63, 3.8) is 0 Å². The number of hydrogen-bond acceptors (Lipinski definition) is 5. The summed E-state index contributed by atoms with van der Waals surface area (Å²) in [7, 11) is 0. The zero-order valence-electron chi connectivity index (χ0n) is 18.7. The normalized spacial score (nSPS) is 14.5. The van der Waals surface area contributed by atoms with Crippen LogP contribution in [0.3, 0.4) is 0 Å². The average Bonchev–Trinajstić information content (AvgIpc) is 3.15. The molecule has 0 radical (unpaired) electrons. The second-order valence-electron chi connectivity index (χ2n) is 8.04. The van der Waals surface area contributed by atoms with E-state index in [9.17, 15) is 14.9 Å². The van der Waals surface area contributed by atoms with Gasteiger partial charge in [0.15, 0.2) is 0 Å². The second-order valence-corrected chi connectivity index (χ2v) is 9.04. The van der Waals surface area contributed by atoms with Crippen molar-refractivity contribution >= 4 is 39.8 Å². The Kier molecular flexibility index (Phi) is 6.34. The van der Waals surface area contributed by atoms with Crippen molar-refractivity contribution in [3.8, 4) is 11.8 Å². The Morgan fingerprint density at radius 3 is 2.49 bits per heavy atom. The van der Waals surface area contributed by atoms with E-state index >= 15 is 0 Å². The maximum absolute atomic E-state index is 13.0. The first-order valence-corrected chi connectivity index (χ1v) is 11.9. The molecule has 170 valence electrons. The number of thioether (sulfide) groups is 1. The molecule has 0 unspecified atom stereocenters. The topological polar surface area (TPSA) is 70.4 Å². The molecule has 1 heterocycles. The summed E-state index contributed by atoms with van der Waals surface area (Å²) < 4.78 is 6.10. The highest BCUT2D eigenvalue weighted by Crippen LogP contribution is 2.35. The summed E-state index contributed by atoms with van der Waals surface area (Å²) >= 11 is 0.894. The van der Waals surface area contributed by atoms with Gasteiger partial charge < -0.3 is 4.74 Å². The smallest absolute Gasteiger partial charge is 0.293 e. The molecule has 1 saturated heterocycles. The number of carbonyl (C=O) groups excluding carboxylic acids is 2. The summed E-state index contributed by atoms with van der Waals surface area (Å²) in [5.74, 6) is 0.249. The molecular weight excluding hydrogens is 456 g/mol. The van der Waals surface area contributed by atoms with Gasteiger partial charge in [0.1, 0.15) is 12.4 Å². The molecule has 0 atom stereocenters. The van der Waals surface area contributed by atoms with Crippen molar-refractivity contribution < 1.29 is 14.3 Å². The third-order valence-corrected chi connectivity index (χ3v) is 6.66. The quantitative estimate of drug-likeness (QED) is 0.296. The zero-order chi connectivity index (χ0) is 24.2. The van der Waals surface area contributed by atoms with Gasteiger partial charge in [-0.05, 0) is 57.9 Å². The summed E-state index contributed by atoms with van der Waals surface area (Å²) in [6.45, 7) is 0.438. The van der Waals surface area contributed by atoms with Crippen LogP contribution in [0.15, 0.2) is 95.9 Å². The van der Waals surface area contributed by atoms with Gasteiger partial charge in [-0.25, -0.2) is 0 Å². The summed E-state index contributed by atoms with van der Waals surface area (Å²) in [5, 5.41) is 11.3. The molecule has 0 saturated carbocycles. The van der Waals surface area contributed by atoms with Crippen molar-refractivity contribution in [3.05, 3.63) is 118 Å². The van der Waals surface area contributed by atoms with Gasteiger partial charge in [-0.15, -0.1) is 0 Å². The van der Waals surface area contributed by atoms with Crippen LogP contribution in [0.4, 0.5) is 4.79 Å². The lowest BCUT2D eigenvalue weighted by molar-refractivity contribution is -0.123. The van der Waals surface area contributed by atoms with Crippen molar-refractivity contribution in [1.29, 1.82) is 5.26 Å². The molecule has 4 aromatic carbocycles. The highest BCUT2D eigenvalue weighted by atomic mass is 32.2. The number of benzene rings is 4. The Labute approximate surface area is 207 Å². The first kappa shape index (κ1) is 22.5. The molecule has 4 aromatic rings. The second kappa shape index (κ2) is 9.88. The summed E-state index contributed by atoms with van der Waals surface area (Å²) in [6.07, 6.45) is 1.69. The molecule has 0 aromatic heterocycles. The average molecular weight is 477 g/mol. The molecule has 0 spiro atoms. The minimum atomic E-state index is -0.378. The van der Waals surface area contributed by atoms with Gasteiger partial charge in [-0.2, -0.15) is 5.26 Å². The van der Waals surface area contributed by atoms with Gasteiger partial charge >= 0.3 is 0 Å². The molecule has 2 amide bonds. The highest BCUT2D eigenvalue weighted by molar-refractivity contribution is 8.18. The number of fused-ring (bicyclic) bond motifs is 1. The molecule has 1 fully saturated rings. The van der Waals surface area contributed by atoms with Crippen LogP contribution in [0.5, 0.6) is 5.75 Å². The number of nitriles is 1. The van der Waals surface area contributed by atoms with Crippen molar-refractivity contribution in [1.82, 2.24) is 4.90 Å². The fourth-order valence-corrected chi connectivity index (χ4v) is 4.77. The van der Waals surface area contributed by atoms with Gasteiger partial charge in [0.05, 0.1) is 23.1 Å². The van der Waals surface area contributed by atoms with E-state index in [1.807, 2.05) is 42.5 Å². The van der Waals surface area contributed by atoms with Crippen LogP contribution in [0, 0.1) is 11.3 Å². The molecule has 0 aliphatic carbocycles. The maximum Gasteiger partial charge on any atom is 0.293 e. The van der Waals surface area contributed by atoms with Gasteiger partial charge in [0, 0.05) is 5.56 Å². The van der Waals surface area contributed by atoms with Gasteiger partial charge in [-0.3, -0.25) is 14.5 Å². The van der Waals surface area contributed by atoms with Crippen molar-refractivity contribution in [2.24, 2.45) is 0 Å². The molecular formula is C29H20N2O3S. The Bertz CT molecular complexity index is 1520. The van der Waals surface area contributed by atoms with Crippen LogP contribution in [0.1, 0.15) is 22.3 Å². The van der Waals surface area contributed by atoms with E-state index in [0.717, 1.165) is 28.3 Å². The fraction of sp³-hybridized carbons (Fsp3) is 0.0690. The lowest BCUT2D eigenvalue weighted by Gasteiger charge is -2.13. The zero-order valence-corrected chi connectivity index (χ0v) is 19.5. The van der Waals surface area contributed by atoms with E-state index in [1.54, 1.807) is 30.3 Å². The molecule has 0 bridgehead atoms. The Morgan fingerprint density at radius 2 is 1.63 bits per heavy atom. The van der Waals surface area contributed by atoms with Crippen LogP contribution in [0.25, 0.3) is 16.8 Å². The van der Waals surface area contributed by atoms with E-state index in [2.05, 4.69) is 30.3 Å². The SMILES string of the molecule is N#Cc1ccccc1CN1C(=O)S/C(=C\c2ccccc2OCc2ccc3ccccc3c2)C1=O. The minimum absolute atomic E-state index is 0.0614. The largest absolute Gasteiger partial charge is 0.488 e. The van der Waals surface area contributed by atoms with E-state index in [1.165, 1.54) is 10.3 Å². The molecule has 6 heteroatoms. The van der Waals surface area contributed by atoms with Crippen LogP contribution in [-0.4, -0.2) is 16.0 Å². The predicted octanol–water partition coefficient (Wildman–Crippen LogP) is 6.53. The summed E-state index contributed by atoms with van der Waals surface area (Å²) in [6, 6.07) is 30.9. The summed E-state index contributed by atoms with van der Waals surface area (Å²) in [4.78, 5) is 27.1. The summed E-state index contributed by atoms with van der Waals surface area (Å²) in [5.41, 5.74) is 2.84. The van der Waals surface area contributed by atoms with E-state index in [-0.39, 0.29) is 17.7 Å². The van der Waals surface area contributed by atoms with Gasteiger partial charge in [0.25, 0.3) is 11.1 Å². The molecule has 5 nitrogen and oxygen atoms in total. The number of para-hydroxylation sites is 1. The molecule has 35 heavy (non-hydrogen) atoms. The molecule has 5 rings (SSSR count). The van der Waals surface area contributed by atoms with Crippen LogP contribution in [-0.2, 0) is 17.9 Å². The first-order chi connectivity index (χ1) is 17.1.